The third-order valence-corrected chi connectivity index (χ3v) is 3.56. The summed E-state index contributed by atoms with van der Waals surface area (Å²) in [6, 6.07) is 0.337. The molecular weight excluding hydrogens is 212 g/mol. The summed E-state index contributed by atoms with van der Waals surface area (Å²) in [6.45, 7) is 3.05. The first-order chi connectivity index (χ1) is 7.16. The molecule has 0 amide bonds. The molecule has 0 aliphatic carbocycles. The first kappa shape index (κ1) is 10.6. The van der Waals surface area contributed by atoms with E-state index in [1.165, 1.54) is 17.8 Å². The van der Waals surface area contributed by atoms with Crippen molar-refractivity contribution in [2.45, 2.75) is 32.2 Å². The molecule has 82 valence electrons. The van der Waals surface area contributed by atoms with Gasteiger partial charge < -0.3 is 10.4 Å². The van der Waals surface area contributed by atoms with Gasteiger partial charge in [0.25, 0.3) is 0 Å². The number of hydrogen-bond acceptors (Lipinski definition) is 4. The minimum absolute atomic E-state index is 0.0399. The van der Waals surface area contributed by atoms with Crippen LogP contribution in [0, 0.1) is 6.92 Å². The molecule has 1 fully saturated rings. The molecule has 15 heavy (non-hydrogen) atoms. The topological polar surface area (TPSA) is 62.2 Å². The van der Waals surface area contributed by atoms with Gasteiger partial charge in [-0.2, -0.15) is 0 Å². The van der Waals surface area contributed by atoms with Gasteiger partial charge in [-0.1, -0.05) is 0 Å². The number of thiazole rings is 1. The van der Waals surface area contributed by atoms with Crippen LogP contribution in [-0.2, 0) is 11.2 Å². The van der Waals surface area contributed by atoms with E-state index >= 15 is 0 Å². The van der Waals surface area contributed by atoms with Crippen molar-refractivity contribution in [1.82, 2.24) is 10.3 Å². The first-order valence-corrected chi connectivity index (χ1v) is 5.90. The number of hydrogen-bond donors (Lipinski definition) is 2. The summed E-state index contributed by atoms with van der Waals surface area (Å²) >= 11 is 1.50. The van der Waals surface area contributed by atoms with E-state index in [9.17, 15) is 4.79 Å². The third kappa shape index (κ3) is 2.35. The Morgan fingerprint density at radius 3 is 3.13 bits per heavy atom. The van der Waals surface area contributed by atoms with Crippen LogP contribution in [-0.4, -0.2) is 22.6 Å². The third-order valence-electron chi connectivity index (χ3n) is 2.57. The van der Waals surface area contributed by atoms with Crippen LogP contribution in [0.2, 0.25) is 0 Å². The lowest BCUT2D eigenvalue weighted by Gasteiger charge is -2.06. The number of carboxylic acids is 1. The minimum Gasteiger partial charge on any atom is -0.481 e. The number of carboxylic acid groups (broad SMARTS) is 1. The van der Waals surface area contributed by atoms with Crippen molar-refractivity contribution in [1.29, 1.82) is 0 Å². The zero-order valence-electron chi connectivity index (χ0n) is 8.62. The van der Waals surface area contributed by atoms with Crippen molar-refractivity contribution < 1.29 is 9.90 Å². The number of nitrogens with one attached hydrogen (secondary N) is 1. The van der Waals surface area contributed by atoms with Crippen LogP contribution in [0.3, 0.4) is 0 Å². The van der Waals surface area contributed by atoms with Gasteiger partial charge in [0.15, 0.2) is 0 Å². The van der Waals surface area contributed by atoms with Crippen molar-refractivity contribution in [3.63, 3.8) is 0 Å². The number of carbonyl (C=O) groups is 1. The fourth-order valence-electron chi connectivity index (χ4n) is 1.91. The summed E-state index contributed by atoms with van der Waals surface area (Å²) in [7, 11) is 0. The molecule has 1 atom stereocenters. The highest BCUT2D eigenvalue weighted by atomic mass is 32.1. The maximum Gasteiger partial charge on any atom is 0.310 e. The van der Waals surface area contributed by atoms with Gasteiger partial charge >= 0.3 is 5.97 Å². The molecule has 2 rings (SSSR count). The lowest BCUT2D eigenvalue weighted by Crippen LogP contribution is -2.14. The Kier molecular flexibility index (Phi) is 3.02. The normalized spacial score (nSPS) is 20.7. The molecule has 1 saturated heterocycles. The number of rotatable bonds is 3. The molecule has 5 heteroatoms. The Labute approximate surface area is 92.3 Å². The van der Waals surface area contributed by atoms with Crippen LogP contribution >= 0.6 is 11.3 Å². The molecule has 0 aromatic carbocycles. The molecule has 1 aliphatic rings. The molecule has 0 spiro atoms. The molecule has 1 aromatic heterocycles. The predicted molar refractivity (Wildman–Crippen MR) is 58.2 cm³/mol. The average molecular weight is 226 g/mol. The van der Waals surface area contributed by atoms with E-state index in [0.717, 1.165) is 23.5 Å². The second-order valence-electron chi connectivity index (χ2n) is 3.77. The zero-order valence-corrected chi connectivity index (χ0v) is 9.43. The second-order valence-corrected chi connectivity index (χ2v) is 5.06. The van der Waals surface area contributed by atoms with Gasteiger partial charge in [-0.3, -0.25) is 4.79 Å². The van der Waals surface area contributed by atoms with Crippen molar-refractivity contribution in [3.05, 3.63) is 15.6 Å². The SMILES string of the molecule is Cc1sc(CC(=O)O)nc1C1CCCN1. The Morgan fingerprint density at radius 2 is 2.53 bits per heavy atom. The summed E-state index contributed by atoms with van der Waals surface area (Å²) in [6.07, 6.45) is 2.32. The monoisotopic (exact) mass is 226 g/mol. The van der Waals surface area contributed by atoms with E-state index in [4.69, 9.17) is 5.11 Å². The van der Waals surface area contributed by atoms with E-state index in [2.05, 4.69) is 10.3 Å². The summed E-state index contributed by atoms with van der Waals surface area (Å²) in [5, 5.41) is 12.8. The lowest BCUT2D eigenvalue weighted by molar-refractivity contribution is -0.136. The van der Waals surface area contributed by atoms with Crippen LogP contribution in [0.25, 0.3) is 0 Å². The summed E-state index contributed by atoms with van der Waals surface area (Å²) < 4.78 is 0. The number of aliphatic carboxylic acids is 1. The molecule has 2 N–H and O–H groups in total. The Morgan fingerprint density at radius 1 is 1.73 bits per heavy atom. The van der Waals surface area contributed by atoms with Gasteiger partial charge in [-0.05, 0) is 26.3 Å². The number of aryl methyl sites for hydroxylation is 1. The molecule has 0 bridgehead atoms. The molecule has 2 heterocycles. The van der Waals surface area contributed by atoms with Crippen molar-refractivity contribution in [2.75, 3.05) is 6.54 Å². The summed E-state index contributed by atoms with van der Waals surface area (Å²) in [5.74, 6) is -0.810. The highest BCUT2D eigenvalue weighted by Crippen LogP contribution is 2.28. The van der Waals surface area contributed by atoms with E-state index < -0.39 is 5.97 Å². The summed E-state index contributed by atoms with van der Waals surface area (Å²) in [5.41, 5.74) is 1.05. The quantitative estimate of drug-likeness (QED) is 0.820. The fourth-order valence-corrected chi connectivity index (χ4v) is 2.90. The maximum atomic E-state index is 10.6. The van der Waals surface area contributed by atoms with Gasteiger partial charge in [0.05, 0.1) is 18.2 Å². The van der Waals surface area contributed by atoms with Crippen LogP contribution in [0.4, 0.5) is 0 Å². The fraction of sp³-hybridized carbons (Fsp3) is 0.600. The lowest BCUT2D eigenvalue weighted by atomic mass is 10.1. The Balaban J connectivity index is 2.17. The molecule has 4 nitrogen and oxygen atoms in total. The van der Waals surface area contributed by atoms with Crippen molar-refractivity contribution in [2.24, 2.45) is 0 Å². The molecule has 1 aliphatic heterocycles. The second kappa shape index (κ2) is 4.28. The maximum absolute atomic E-state index is 10.6. The molecule has 0 saturated carbocycles. The minimum atomic E-state index is -0.810. The largest absolute Gasteiger partial charge is 0.481 e. The van der Waals surface area contributed by atoms with Gasteiger partial charge in [0.2, 0.25) is 0 Å². The van der Waals surface area contributed by atoms with Gasteiger partial charge in [-0.25, -0.2) is 4.98 Å². The van der Waals surface area contributed by atoms with Crippen LogP contribution in [0.15, 0.2) is 0 Å². The molecule has 1 aromatic rings. The Bertz CT molecular complexity index is 369. The first-order valence-electron chi connectivity index (χ1n) is 5.08. The van der Waals surface area contributed by atoms with Gasteiger partial charge in [-0.15, -0.1) is 11.3 Å². The smallest absolute Gasteiger partial charge is 0.310 e. The van der Waals surface area contributed by atoms with Crippen molar-refractivity contribution >= 4 is 17.3 Å². The number of aromatic nitrogens is 1. The standard InChI is InChI=1S/C10H14N2O2S/c1-6-10(7-3-2-4-11-7)12-8(15-6)5-9(13)14/h7,11H,2-5H2,1H3,(H,13,14). The highest BCUT2D eigenvalue weighted by Gasteiger charge is 2.22. The number of nitrogens with zero attached hydrogens (tertiary/aromatic N) is 1. The van der Waals surface area contributed by atoms with E-state index in [-0.39, 0.29) is 6.42 Å². The van der Waals surface area contributed by atoms with Gasteiger partial charge in [0.1, 0.15) is 5.01 Å². The average Bonchev–Trinajstić information content (AvgIpc) is 2.72. The molecular formula is C10H14N2O2S. The van der Waals surface area contributed by atoms with Crippen LogP contribution < -0.4 is 5.32 Å². The molecule has 1 unspecified atom stereocenters. The van der Waals surface area contributed by atoms with E-state index in [0.29, 0.717) is 11.0 Å². The zero-order chi connectivity index (χ0) is 10.8. The van der Waals surface area contributed by atoms with Crippen molar-refractivity contribution in [3.8, 4) is 0 Å². The highest BCUT2D eigenvalue weighted by molar-refractivity contribution is 7.11. The Hall–Kier alpha value is -0.940. The van der Waals surface area contributed by atoms with Gasteiger partial charge in [0, 0.05) is 4.88 Å². The van der Waals surface area contributed by atoms with E-state index in [1.807, 2.05) is 6.92 Å². The summed E-state index contributed by atoms with van der Waals surface area (Å²) in [4.78, 5) is 16.1. The van der Waals surface area contributed by atoms with Crippen LogP contribution in [0.5, 0.6) is 0 Å². The van der Waals surface area contributed by atoms with E-state index in [1.54, 1.807) is 0 Å². The predicted octanol–water partition coefficient (Wildman–Crippen LogP) is 1.50. The molecule has 0 radical (unpaired) electrons. The van der Waals surface area contributed by atoms with Crippen LogP contribution in [0.1, 0.15) is 34.5 Å².